The fourth-order valence-corrected chi connectivity index (χ4v) is 1.91. The van der Waals surface area contributed by atoms with E-state index in [1.54, 1.807) is 16.9 Å². The van der Waals surface area contributed by atoms with Crippen LogP contribution in [0, 0.1) is 5.92 Å². The van der Waals surface area contributed by atoms with Crippen molar-refractivity contribution in [1.82, 2.24) is 15.1 Å². The van der Waals surface area contributed by atoms with Crippen LogP contribution < -0.4 is 5.32 Å². The van der Waals surface area contributed by atoms with Crippen LogP contribution in [-0.4, -0.2) is 33.4 Å². The summed E-state index contributed by atoms with van der Waals surface area (Å²) in [6.45, 7) is 8.03. The van der Waals surface area contributed by atoms with Gasteiger partial charge in [0.05, 0.1) is 12.6 Å². The largest absolute Gasteiger partial charge is 0.394 e. The number of nitrogens with zero attached hydrogens (tertiary/aromatic N) is 2. The third-order valence-corrected chi connectivity index (χ3v) is 2.70. The first-order valence-corrected chi connectivity index (χ1v) is 6.41. The summed E-state index contributed by atoms with van der Waals surface area (Å²) >= 11 is 0. The second-order valence-corrected chi connectivity index (χ2v) is 5.24. The number of carbonyl (C=O) groups excluding carboxylic acids is 1. The Hall–Kier alpha value is -1.36. The van der Waals surface area contributed by atoms with E-state index in [0.717, 1.165) is 6.42 Å². The lowest BCUT2D eigenvalue weighted by molar-refractivity contribution is 0.0895. The minimum absolute atomic E-state index is 0.0419. The van der Waals surface area contributed by atoms with Crippen LogP contribution in [0.1, 0.15) is 50.6 Å². The molecule has 0 aliphatic heterocycles. The Morgan fingerprint density at radius 1 is 1.44 bits per heavy atom. The highest BCUT2D eigenvalue weighted by Crippen LogP contribution is 2.09. The fraction of sp³-hybridized carbons (Fsp3) is 0.692. The Kier molecular flexibility index (Phi) is 5.34. The molecule has 1 unspecified atom stereocenters. The van der Waals surface area contributed by atoms with E-state index in [9.17, 15) is 9.90 Å². The summed E-state index contributed by atoms with van der Waals surface area (Å²) in [5, 5.41) is 16.2. The molecule has 0 aliphatic rings. The third-order valence-electron chi connectivity index (χ3n) is 2.70. The van der Waals surface area contributed by atoms with E-state index in [4.69, 9.17) is 0 Å². The van der Waals surface area contributed by atoms with E-state index >= 15 is 0 Å². The molecule has 0 aromatic carbocycles. The average molecular weight is 253 g/mol. The Morgan fingerprint density at radius 2 is 2.11 bits per heavy atom. The second kappa shape index (κ2) is 6.54. The summed E-state index contributed by atoms with van der Waals surface area (Å²) in [5.41, 5.74) is 0.534. The van der Waals surface area contributed by atoms with E-state index in [-0.39, 0.29) is 24.6 Å². The molecular formula is C13H23N3O2. The molecule has 1 heterocycles. The van der Waals surface area contributed by atoms with Gasteiger partial charge in [-0.25, -0.2) is 0 Å². The summed E-state index contributed by atoms with van der Waals surface area (Å²) in [5.74, 6) is 0.248. The molecule has 1 amide bonds. The van der Waals surface area contributed by atoms with E-state index in [0.29, 0.717) is 11.6 Å². The maximum atomic E-state index is 12.1. The predicted octanol–water partition coefficient (Wildman–Crippen LogP) is 1.60. The van der Waals surface area contributed by atoms with Gasteiger partial charge in [-0.2, -0.15) is 5.10 Å². The number of aliphatic hydroxyl groups is 1. The lowest BCUT2D eigenvalue weighted by atomic mass is 10.0. The number of carbonyl (C=O) groups is 1. The zero-order chi connectivity index (χ0) is 13.7. The summed E-state index contributed by atoms with van der Waals surface area (Å²) in [4.78, 5) is 12.1. The normalized spacial score (nSPS) is 13.1. The van der Waals surface area contributed by atoms with Gasteiger partial charge in [-0.1, -0.05) is 13.8 Å². The highest BCUT2D eigenvalue weighted by molar-refractivity contribution is 5.92. The Morgan fingerprint density at radius 3 is 2.61 bits per heavy atom. The van der Waals surface area contributed by atoms with Gasteiger partial charge in [-0.15, -0.1) is 0 Å². The summed E-state index contributed by atoms with van der Waals surface area (Å²) in [7, 11) is 0. The molecule has 5 nitrogen and oxygen atoms in total. The molecule has 5 heteroatoms. The van der Waals surface area contributed by atoms with Crippen molar-refractivity contribution in [3.63, 3.8) is 0 Å². The monoisotopic (exact) mass is 253 g/mol. The highest BCUT2D eigenvalue weighted by atomic mass is 16.3. The quantitative estimate of drug-likeness (QED) is 0.809. The van der Waals surface area contributed by atoms with Crippen molar-refractivity contribution in [3.05, 3.63) is 18.0 Å². The zero-order valence-electron chi connectivity index (χ0n) is 11.6. The van der Waals surface area contributed by atoms with Crippen LogP contribution in [0.2, 0.25) is 0 Å². The van der Waals surface area contributed by atoms with Gasteiger partial charge in [0.15, 0.2) is 0 Å². The van der Waals surface area contributed by atoms with Gasteiger partial charge >= 0.3 is 0 Å². The van der Waals surface area contributed by atoms with Crippen LogP contribution in [0.25, 0.3) is 0 Å². The average Bonchev–Trinajstić information content (AvgIpc) is 2.76. The maximum absolute atomic E-state index is 12.1. The van der Waals surface area contributed by atoms with Gasteiger partial charge in [-0.3, -0.25) is 9.48 Å². The molecule has 102 valence electrons. The second-order valence-electron chi connectivity index (χ2n) is 5.24. The van der Waals surface area contributed by atoms with Crippen LogP contribution in [0.15, 0.2) is 12.3 Å². The van der Waals surface area contributed by atoms with E-state index in [1.807, 2.05) is 13.8 Å². The Labute approximate surface area is 108 Å². The van der Waals surface area contributed by atoms with Gasteiger partial charge < -0.3 is 10.4 Å². The van der Waals surface area contributed by atoms with E-state index < -0.39 is 0 Å². The molecule has 0 spiro atoms. The van der Waals surface area contributed by atoms with Crippen LogP contribution in [0.3, 0.4) is 0 Å². The van der Waals surface area contributed by atoms with Crippen molar-refractivity contribution in [3.8, 4) is 0 Å². The SMILES string of the molecule is CC(C)CC(CO)NC(=O)c1ccnn1C(C)C. The molecule has 0 saturated heterocycles. The number of hydrogen-bond acceptors (Lipinski definition) is 3. The van der Waals surface area contributed by atoms with Crippen LogP contribution >= 0.6 is 0 Å². The molecule has 0 bridgehead atoms. The molecule has 0 aliphatic carbocycles. The summed E-state index contributed by atoms with van der Waals surface area (Å²) in [6.07, 6.45) is 2.38. The van der Waals surface area contributed by atoms with Crippen LogP contribution in [0.4, 0.5) is 0 Å². The molecule has 0 saturated carbocycles. The zero-order valence-corrected chi connectivity index (χ0v) is 11.6. The number of aromatic nitrogens is 2. The molecular weight excluding hydrogens is 230 g/mol. The van der Waals surface area contributed by atoms with Crippen molar-refractivity contribution in [2.75, 3.05) is 6.61 Å². The van der Waals surface area contributed by atoms with E-state index in [1.165, 1.54) is 0 Å². The lowest BCUT2D eigenvalue weighted by Crippen LogP contribution is -2.39. The number of aliphatic hydroxyl groups excluding tert-OH is 1. The van der Waals surface area contributed by atoms with Gasteiger partial charge in [-0.05, 0) is 32.3 Å². The molecule has 1 rings (SSSR count). The van der Waals surface area contributed by atoms with Gasteiger partial charge in [0, 0.05) is 12.2 Å². The first-order valence-electron chi connectivity index (χ1n) is 6.41. The standard InChI is InChI=1S/C13H23N3O2/c1-9(2)7-11(8-17)15-13(18)12-5-6-14-16(12)10(3)4/h5-6,9-11,17H,7-8H2,1-4H3,(H,15,18). The smallest absolute Gasteiger partial charge is 0.269 e. The topological polar surface area (TPSA) is 67.2 Å². The van der Waals surface area contributed by atoms with Gasteiger partial charge in [0.2, 0.25) is 0 Å². The van der Waals surface area contributed by atoms with Crippen molar-refractivity contribution in [1.29, 1.82) is 0 Å². The van der Waals surface area contributed by atoms with Crippen molar-refractivity contribution in [2.24, 2.45) is 5.92 Å². The fourth-order valence-electron chi connectivity index (χ4n) is 1.91. The molecule has 1 atom stereocenters. The molecule has 2 N–H and O–H groups in total. The summed E-state index contributed by atoms with van der Waals surface area (Å²) < 4.78 is 1.68. The Balaban J connectivity index is 2.72. The van der Waals surface area contributed by atoms with Gasteiger partial charge in [0.1, 0.15) is 5.69 Å². The van der Waals surface area contributed by atoms with Crippen molar-refractivity contribution < 1.29 is 9.90 Å². The minimum Gasteiger partial charge on any atom is -0.394 e. The molecule has 1 aromatic heterocycles. The Bertz CT molecular complexity index is 385. The first-order chi connectivity index (χ1) is 8.45. The number of amides is 1. The number of rotatable bonds is 6. The van der Waals surface area contributed by atoms with Crippen molar-refractivity contribution >= 4 is 5.91 Å². The van der Waals surface area contributed by atoms with Crippen LogP contribution in [-0.2, 0) is 0 Å². The number of hydrogen-bond donors (Lipinski definition) is 2. The van der Waals surface area contributed by atoms with Gasteiger partial charge in [0.25, 0.3) is 5.91 Å². The third kappa shape index (κ3) is 3.84. The van der Waals surface area contributed by atoms with E-state index in [2.05, 4.69) is 24.3 Å². The van der Waals surface area contributed by atoms with Crippen molar-refractivity contribution in [2.45, 2.75) is 46.2 Å². The minimum atomic E-state index is -0.201. The molecule has 0 fully saturated rings. The first kappa shape index (κ1) is 14.7. The highest BCUT2D eigenvalue weighted by Gasteiger charge is 2.18. The molecule has 18 heavy (non-hydrogen) atoms. The van der Waals surface area contributed by atoms with Crippen LogP contribution in [0.5, 0.6) is 0 Å². The maximum Gasteiger partial charge on any atom is 0.269 e. The molecule has 0 radical (unpaired) electrons. The predicted molar refractivity (Wildman–Crippen MR) is 70.4 cm³/mol. The summed E-state index contributed by atoms with van der Waals surface area (Å²) in [6, 6.07) is 1.63. The lowest BCUT2D eigenvalue weighted by Gasteiger charge is -2.19. The number of nitrogens with one attached hydrogen (secondary N) is 1. The molecule has 1 aromatic rings.